The van der Waals surface area contributed by atoms with Gasteiger partial charge in [0.1, 0.15) is 5.56 Å². The van der Waals surface area contributed by atoms with Crippen molar-refractivity contribution < 1.29 is 14.3 Å². The van der Waals surface area contributed by atoms with Crippen molar-refractivity contribution >= 4 is 17.2 Å². The second kappa shape index (κ2) is 6.34. The Kier molecular flexibility index (Phi) is 4.22. The molecule has 0 bridgehead atoms. The van der Waals surface area contributed by atoms with Gasteiger partial charge < -0.3 is 15.7 Å². The van der Waals surface area contributed by atoms with Gasteiger partial charge in [-0.15, -0.1) is 0 Å². The Morgan fingerprint density at radius 1 is 1.37 bits per heavy atom. The van der Waals surface area contributed by atoms with E-state index in [1.165, 1.54) is 10.5 Å². The number of anilines is 1. The van der Waals surface area contributed by atoms with E-state index in [2.05, 4.69) is 0 Å². The maximum atomic E-state index is 15.0. The number of nitrogens with two attached hydrogens (primary N) is 1. The van der Waals surface area contributed by atoms with Crippen molar-refractivity contribution in [3.63, 3.8) is 0 Å². The van der Waals surface area contributed by atoms with E-state index in [9.17, 15) is 14.7 Å². The predicted molar refractivity (Wildman–Crippen MR) is 101 cm³/mol. The van der Waals surface area contributed by atoms with Gasteiger partial charge in [-0.3, -0.25) is 9.20 Å². The molecule has 0 spiro atoms. The van der Waals surface area contributed by atoms with Crippen molar-refractivity contribution in [2.24, 2.45) is 11.7 Å². The fraction of sp³-hybridized carbons (Fsp3) is 0.500. The zero-order valence-corrected chi connectivity index (χ0v) is 15.5. The molecule has 6 nitrogen and oxygen atoms in total. The summed E-state index contributed by atoms with van der Waals surface area (Å²) < 4.78 is 16.2. The number of fused-ring (bicyclic) bond motifs is 1. The first-order valence-electron chi connectivity index (χ1n) is 9.41. The number of hydrogen-bond acceptors (Lipinski definition) is 4. The molecule has 0 amide bonds. The maximum Gasteiger partial charge on any atom is 0.341 e. The summed E-state index contributed by atoms with van der Waals surface area (Å²) in [4.78, 5) is 26.1. The summed E-state index contributed by atoms with van der Waals surface area (Å²) in [6.07, 6.45) is 3.96. The lowest BCUT2D eigenvalue weighted by atomic mass is 10.0. The molecule has 0 radical (unpaired) electrons. The number of aromatic nitrogens is 1. The zero-order valence-electron chi connectivity index (χ0n) is 15.5. The molecule has 0 unspecified atom stereocenters. The van der Waals surface area contributed by atoms with E-state index >= 15 is 4.39 Å². The van der Waals surface area contributed by atoms with Crippen LogP contribution in [0.25, 0.3) is 5.52 Å². The Hall–Kier alpha value is -2.41. The summed E-state index contributed by atoms with van der Waals surface area (Å²) >= 11 is 0. The molecule has 2 fully saturated rings. The summed E-state index contributed by atoms with van der Waals surface area (Å²) in [6, 6.07) is 1.53. The first kappa shape index (κ1) is 18.0. The number of halogens is 1. The van der Waals surface area contributed by atoms with Crippen LogP contribution < -0.4 is 16.2 Å². The molecule has 1 aliphatic carbocycles. The van der Waals surface area contributed by atoms with Gasteiger partial charge in [0.2, 0.25) is 0 Å². The number of carboxylic acid groups (broad SMARTS) is 1. The maximum absolute atomic E-state index is 15.0. The second-order valence-electron chi connectivity index (χ2n) is 7.92. The van der Waals surface area contributed by atoms with Gasteiger partial charge in [0.25, 0.3) is 5.56 Å². The van der Waals surface area contributed by atoms with Gasteiger partial charge in [0.15, 0.2) is 5.82 Å². The highest BCUT2D eigenvalue weighted by Gasteiger charge is 2.32. The Balaban J connectivity index is 1.94. The van der Waals surface area contributed by atoms with Gasteiger partial charge in [-0.2, -0.15) is 0 Å². The predicted octanol–water partition coefficient (Wildman–Crippen LogP) is 2.50. The van der Waals surface area contributed by atoms with E-state index in [4.69, 9.17) is 5.73 Å². The van der Waals surface area contributed by atoms with Crippen LogP contribution in [0.2, 0.25) is 0 Å². The number of carbonyl (C=O) groups is 1. The van der Waals surface area contributed by atoms with E-state index in [1.807, 2.05) is 18.7 Å². The van der Waals surface area contributed by atoms with E-state index in [0.717, 1.165) is 37.6 Å². The molecule has 2 aliphatic rings. The molecule has 1 aliphatic heterocycles. The van der Waals surface area contributed by atoms with Gasteiger partial charge >= 0.3 is 5.97 Å². The third kappa shape index (κ3) is 2.90. The monoisotopic (exact) mass is 373 g/mol. The van der Waals surface area contributed by atoms with Gasteiger partial charge in [0.05, 0.1) is 17.4 Å². The smallest absolute Gasteiger partial charge is 0.341 e. The lowest BCUT2D eigenvalue weighted by Gasteiger charge is -2.24. The van der Waals surface area contributed by atoms with Crippen LogP contribution in [0.15, 0.2) is 17.1 Å². The second-order valence-corrected chi connectivity index (χ2v) is 7.92. The number of carboxylic acids is 1. The van der Waals surface area contributed by atoms with Crippen LogP contribution in [0.5, 0.6) is 0 Å². The number of aromatic carboxylic acids is 1. The third-order valence-corrected chi connectivity index (χ3v) is 5.97. The fourth-order valence-electron chi connectivity index (χ4n) is 4.31. The van der Waals surface area contributed by atoms with Crippen molar-refractivity contribution in [2.75, 3.05) is 18.0 Å². The largest absolute Gasteiger partial charge is 0.477 e. The van der Waals surface area contributed by atoms with E-state index in [1.54, 1.807) is 0 Å². The summed E-state index contributed by atoms with van der Waals surface area (Å²) in [5.41, 5.74) is 7.69. The molecular formula is C20H24FN3O3. The molecule has 2 aromatic rings. The molecule has 0 aromatic carbocycles. The van der Waals surface area contributed by atoms with Crippen LogP contribution in [0.4, 0.5) is 10.1 Å². The van der Waals surface area contributed by atoms with Crippen molar-refractivity contribution in [3.8, 4) is 0 Å². The van der Waals surface area contributed by atoms with Crippen LogP contribution >= 0.6 is 0 Å². The van der Waals surface area contributed by atoms with Crippen molar-refractivity contribution in [2.45, 2.75) is 45.1 Å². The minimum absolute atomic E-state index is 0.0431. The van der Waals surface area contributed by atoms with Crippen LogP contribution in [0.1, 0.15) is 53.6 Å². The van der Waals surface area contributed by atoms with Gasteiger partial charge in [0, 0.05) is 19.1 Å². The zero-order chi connectivity index (χ0) is 19.5. The van der Waals surface area contributed by atoms with Crippen LogP contribution in [-0.2, 0) is 0 Å². The summed E-state index contributed by atoms with van der Waals surface area (Å²) in [5, 5.41) is 9.37. The lowest BCUT2D eigenvalue weighted by Crippen LogP contribution is -2.31. The summed E-state index contributed by atoms with van der Waals surface area (Å²) in [5.74, 6) is -1.25. The van der Waals surface area contributed by atoms with Gasteiger partial charge in [-0.05, 0) is 62.1 Å². The van der Waals surface area contributed by atoms with Crippen LogP contribution in [0.3, 0.4) is 0 Å². The molecule has 3 N–H and O–H groups in total. The van der Waals surface area contributed by atoms with E-state index < -0.39 is 17.3 Å². The molecule has 7 heteroatoms. The highest BCUT2D eigenvalue weighted by atomic mass is 19.1. The van der Waals surface area contributed by atoms with E-state index in [-0.39, 0.29) is 17.5 Å². The molecule has 27 heavy (non-hydrogen) atoms. The van der Waals surface area contributed by atoms with Crippen molar-refractivity contribution in [3.05, 3.63) is 45.1 Å². The Bertz CT molecular complexity index is 994. The fourth-order valence-corrected chi connectivity index (χ4v) is 4.31. The molecule has 2 aromatic heterocycles. The summed E-state index contributed by atoms with van der Waals surface area (Å²) in [7, 11) is 0. The molecule has 4 rings (SSSR count). The Labute approximate surface area is 156 Å². The average Bonchev–Trinajstić information content (AvgIpc) is 3.32. The van der Waals surface area contributed by atoms with Crippen LogP contribution in [0, 0.1) is 18.7 Å². The van der Waals surface area contributed by atoms with Crippen LogP contribution in [-0.4, -0.2) is 34.6 Å². The topological polar surface area (TPSA) is 88.0 Å². The van der Waals surface area contributed by atoms with E-state index in [0.29, 0.717) is 29.2 Å². The molecular weight excluding hydrogens is 349 g/mol. The minimum Gasteiger partial charge on any atom is -0.477 e. The molecule has 1 saturated carbocycles. The lowest BCUT2D eigenvalue weighted by molar-refractivity contribution is 0.0694. The first-order valence-corrected chi connectivity index (χ1v) is 9.41. The normalized spacial score (nSPS) is 21.0. The Morgan fingerprint density at radius 3 is 2.63 bits per heavy atom. The SMILES string of the molecule is Cc1c(N2CC[C@H]([C@@H](C)N)C2)c(F)cn2c(=O)c(C(=O)O)cc(C3CC3)c12. The average molecular weight is 373 g/mol. The molecule has 2 atom stereocenters. The first-order chi connectivity index (χ1) is 12.8. The third-order valence-electron chi connectivity index (χ3n) is 5.97. The minimum atomic E-state index is -1.28. The highest BCUT2D eigenvalue weighted by molar-refractivity contribution is 5.89. The number of aryl methyl sites for hydroxylation is 1. The molecule has 1 saturated heterocycles. The van der Waals surface area contributed by atoms with Gasteiger partial charge in [-0.25, -0.2) is 9.18 Å². The molecule has 144 valence electrons. The number of hydrogen-bond donors (Lipinski definition) is 2. The summed E-state index contributed by atoms with van der Waals surface area (Å²) in [6.45, 7) is 5.19. The number of rotatable bonds is 4. The number of nitrogens with zero attached hydrogens (tertiary/aromatic N) is 2. The van der Waals surface area contributed by atoms with Gasteiger partial charge in [-0.1, -0.05) is 0 Å². The number of pyridine rings is 2. The Morgan fingerprint density at radius 2 is 2.07 bits per heavy atom. The van der Waals surface area contributed by atoms with Crippen molar-refractivity contribution in [1.82, 2.24) is 4.40 Å². The quantitative estimate of drug-likeness (QED) is 0.860. The molecule has 3 heterocycles. The standard InChI is InChI=1S/C20H24FN3O3/c1-10-17-14(12-3-4-12)7-15(20(26)27)19(25)24(17)9-16(21)18(10)23-6-5-13(8-23)11(2)22/h7,9,11-13H,3-6,8,22H2,1-2H3,(H,26,27)/t11-,13+/m1/s1. The van der Waals surface area contributed by atoms with Crippen molar-refractivity contribution in [1.29, 1.82) is 0 Å². The highest BCUT2D eigenvalue weighted by Crippen LogP contribution is 2.44.